The van der Waals surface area contributed by atoms with E-state index in [1.807, 2.05) is 34.2 Å². The van der Waals surface area contributed by atoms with Crippen molar-refractivity contribution in [3.63, 3.8) is 0 Å². The van der Waals surface area contributed by atoms with E-state index >= 15 is 0 Å². The molecule has 2 aromatic rings. The second kappa shape index (κ2) is 10.9. The fourth-order valence-electron chi connectivity index (χ4n) is 5.04. The van der Waals surface area contributed by atoms with Gasteiger partial charge >= 0.3 is 0 Å². The van der Waals surface area contributed by atoms with Crippen molar-refractivity contribution in [2.45, 2.75) is 38.6 Å². The third-order valence-corrected chi connectivity index (χ3v) is 6.91. The molecule has 10 nitrogen and oxygen atoms in total. The summed E-state index contributed by atoms with van der Waals surface area (Å²) in [5.41, 5.74) is 8.45. The minimum absolute atomic E-state index is 0.0362. The summed E-state index contributed by atoms with van der Waals surface area (Å²) < 4.78 is 0. The summed E-state index contributed by atoms with van der Waals surface area (Å²) >= 11 is 0. The summed E-state index contributed by atoms with van der Waals surface area (Å²) in [5.74, 6) is 6.55. The average molecular weight is 513 g/mol. The lowest BCUT2D eigenvalue weighted by Crippen LogP contribution is -2.51. The molecule has 1 fully saturated rings. The number of likely N-dealkylation sites (tertiary alicyclic amines) is 1. The average Bonchev–Trinajstić information content (AvgIpc) is 3.34. The summed E-state index contributed by atoms with van der Waals surface area (Å²) in [6.07, 6.45) is 10.2. The van der Waals surface area contributed by atoms with Crippen LogP contribution in [-0.4, -0.2) is 57.2 Å². The molecule has 1 aromatic carbocycles. The van der Waals surface area contributed by atoms with Crippen LogP contribution in [0.1, 0.15) is 47.7 Å². The number of hydrogen-bond acceptors (Lipinski definition) is 8. The highest BCUT2D eigenvalue weighted by Crippen LogP contribution is 2.36. The maximum absolute atomic E-state index is 12.9. The highest BCUT2D eigenvalue weighted by atomic mass is 16.2. The van der Waals surface area contributed by atoms with Crippen LogP contribution in [0.25, 0.3) is 5.70 Å². The molecule has 0 radical (unpaired) electrons. The fraction of sp³-hybridized carbons (Fsp3) is 0.286. The number of rotatable bonds is 7. The first-order chi connectivity index (χ1) is 18.5. The molecule has 0 aliphatic carbocycles. The molecular formula is C28H32N8O2. The Labute approximate surface area is 222 Å². The van der Waals surface area contributed by atoms with Crippen LogP contribution in [0.2, 0.25) is 0 Å². The molecule has 3 aliphatic rings. The number of pyridine rings is 1. The van der Waals surface area contributed by atoms with Crippen LogP contribution in [0.3, 0.4) is 0 Å². The maximum atomic E-state index is 12.9. The summed E-state index contributed by atoms with van der Waals surface area (Å²) in [5, 5.41) is 6.42. The Morgan fingerprint density at radius 3 is 2.84 bits per heavy atom. The zero-order valence-corrected chi connectivity index (χ0v) is 21.4. The second-order valence-corrected chi connectivity index (χ2v) is 9.51. The van der Waals surface area contributed by atoms with Gasteiger partial charge in [-0.25, -0.2) is 15.8 Å². The van der Waals surface area contributed by atoms with Crippen LogP contribution < -0.4 is 16.6 Å². The van der Waals surface area contributed by atoms with E-state index in [1.165, 1.54) is 11.1 Å². The smallest absolute Gasteiger partial charge is 0.256 e. The van der Waals surface area contributed by atoms with E-state index in [9.17, 15) is 9.59 Å². The predicted molar refractivity (Wildman–Crippen MR) is 147 cm³/mol. The zero-order chi connectivity index (χ0) is 26.6. The van der Waals surface area contributed by atoms with Gasteiger partial charge in [0.1, 0.15) is 23.6 Å². The molecule has 1 atom stereocenters. The lowest BCUT2D eigenvalue weighted by molar-refractivity contribution is -0.128. The largest absolute Gasteiger partial charge is 0.337 e. The minimum Gasteiger partial charge on any atom is -0.337 e. The Morgan fingerprint density at radius 2 is 2.08 bits per heavy atom. The molecule has 0 saturated carbocycles. The van der Waals surface area contributed by atoms with E-state index in [-0.39, 0.29) is 17.9 Å². The van der Waals surface area contributed by atoms with Crippen LogP contribution in [0.4, 0.5) is 5.82 Å². The molecule has 0 bridgehead atoms. The van der Waals surface area contributed by atoms with Crippen LogP contribution in [0, 0.1) is 0 Å². The number of nitrogens with zero attached hydrogens (tertiary/aromatic N) is 5. The SMILES string of the molecule is C=CC(=O)N1CCC[C@@H](N2NC(c3ccc(C(=O)Nc4cc(CCC)ccn4)cc3)=C3C2=CN=CN3N)C1. The van der Waals surface area contributed by atoms with Gasteiger partial charge in [-0.1, -0.05) is 32.1 Å². The number of anilines is 1. The molecule has 4 N–H and O–H groups in total. The van der Waals surface area contributed by atoms with Crippen molar-refractivity contribution < 1.29 is 9.59 Å². The second-order valence-electron chi connectivity index (χ2n) is 9.51. The van der Waals surface area contributed by atoms with Gasteiger partial charge in [0.2, 0.25) is 5.91 Å². The first kappa shape index (κ1) is 25.2. The number of carbonyl (C=O) groups excluding carboxylic acids is 2. The van der Waals surface area contributed by atoms with Gasteiger partial charge in [-0.3, -0.25) is 25.0 Å². The highest BCUT2D eigenvalue weighted by Gasteiger charge is 2.38. The highest BCUT2D eigenvalue weighted by molar-refractivity contribution is 6.04. The fourth-order valence-corrected chi connectivity index (χ4v) is 5.04. The van der Waals surface area contributed by atoms with E-state index in [4.69, 9.17) is 5.84 Å². The molecule has 4 heterocycles. The summed E-state index contributed by atoms with van der Waals surface area (Å²) in [6, 6.07) is 11.2. The first-order valence-electron chi connectivity index (χ1n) is 12.8. The van der Waals surface area contributed by atoms with E-state index in [1.54, 1.807) is 30.9 Å². The minimum atomic E-state index is -0.226. The number of amides is 2. The van der Waals surface area contributed by atoms with E-state index in [0.29, 0.717) is 24.5 Å². The van der Waals surface area contributed by atoms with Crippen LogP contribution in [0.15, 0.2) is 77.8 Å². The van der Waals surface area contributed by atoms with Gasteiger partial charge in [0.25, 0.3) is 5.91 Å². The van der Waals surface area contributed by atoms with E-state index in [2.05, 4.69) is 34.2 Å². The number of hydrogen-bond donors (Lipinski definition) is 3. The van der Waals surface area contributed by atoms with Gasteiger partial charge in [0.05, 0.1) is 17.9 Å². The number of fused-ring (bicyclic) bond motifs is 1. The molecule has 10 heteroatoms. The van der Waals surface area contributed by atoms with Gasteiger partial charge in [0, 0.05) is 30.4 Å². The Kier molecular flexibility index (Phi) is 7.23. The Hall–Kier alpha value is -4.44. The molecular weight excluding hydrogens is 480 g/mol. The lowest BCUT2D eigenvalue weighted by Gasteiger charge is -2.39. The van der Waals surface area contributed by atoms with Crippen LogP contribution in [-0.2, 0) is 11.2 Å². The number of aliphatic imine (C=N–C) groups is 1. The molecule has 1 saturated heterocycles. The van der Waals surface area contributed by atoms with Crippen molar-refractivity contribution in [2.24, 2.45) is 10.8 Å². The van der Waals surface area contributed by atoms with Gasteiger partial charge in [-0.05, 0) is 55.2 Å². The molecule has 0 unspecified atom stereocenters. The quantitative estimate of drug-likeness (QED) is 0.385. The maximum Gasteiger partial charge on any atom is 0.256 e. The topological polar surface area (TPSA) is 119 Å². The molecule has 5 rings (SSSR count). The van der Waals surface area contributed by atoms with Crippen LogP contribution in [0.5, 0.6) is 0 Å². The van der Waals surface area contributed by atoms with Gasteiger partial charge in [-0.2, -0.15) is 0 Å². The van der Waals surface area contributed by atoms with Crippen LogP contribution >= 0.6 is 0 Å². The van der Waals surface area contributed by atoms with Crippen molar-refractivity contribution in [1.82, 2.24) is 25.3 Å². The van der Waals surface area contributed by atoms with Crippen molar-refractivity contribution in [3.05, 3.63) is 89.5 Å². The number of carbonyl (C=O) groups is 2. The zero-order valence-electron chi connectivity index (χ0n) is 21.4. The third kappa shape index (κ3) is 5.03. The van der Waals surface area contributed by atoms with Crippen molar-refractivity contribution in [2.75, 3.05) is 18.4 Å². The monoisotopic (exact) mass is 512 g/mol. The molecule has 0 spiro atoms. The van der Waals surface area contributed by atoms with Crippen molar-refractivity contribution in [1.29, 1.82) is 0 Å². The van der Waals surface area contributed by atoms with Crippen molar-refractivity contribution >= 4 is 29.7 Å². The molecule has 38 heavy (non-hydrogen) atoms. The standard InChI is InChI=1S/C28H32N8O2/c1-3-6-19-12-13-31-24(15-19)32-28(38)21-10-8-20(9-11-21)26-27-23(16-30-18-35(27)29)36(33-26)22-7-5-14-34(17-22)25(37)4-2/h4,8-13,15-16,18,22,33H,2-3,5-7,14,17,29H2,1H3,(H,31,32,38)/t22-/m1/s1. The summed E-state index contributed by atoms with van der Waals surface area (Å²) in [4.78, 5) is 35.5. The van der Waals surface area contributed by atoms with E-state index < -0.39 is 0 Å². The molecule has 2 amide bonds. The Balaban J connectivity index is 1.35. The van der Waals surface area contributed by atoms with E-state index in [0.717, 1.165) is 53.9 Å². The lowest BCUT2D eigenvalue weighted by atomic mass is 10.0. The molecule has 3 aliphatic heterocycles. The van der Waals surface area contributed by atoms with Gasteiger partial charge in [-0.15, -0.1) is 0 Å². The Morgan fingerprint density at radius 1 is 1.26 bits per heavy atom. The molecule has 1 aromatic heterocycles. The van der Waals surface area contributed by atoms with Gasteiger partial charge < -0.3 is 10.2 Å². The summed E-state index contributed by atoms with van der Waals surface area (Å²) in [7, 11) is 0. The number of aryl methyl sites for hydroxylation is 1. The number of benzene rings is 1. The summed E-state index contributed by atoms with van der Waals surface area (Å²) in [6.45, 7) is 7.02. The predicted octanol–water partition coefficient (Wildman–Crippen LogP) is 3.01. The van der Waals surface area contributed by atoms with Gasteiger partial charge in [0.15, 0.2) is 0 Å². The number of piperidine rings is 1. The Bertz CT molecular complexity index is 1330. The number of aromatic nitrogens is 1. The first-order valence-corrected chi connectivity index (χ1v) is 12.8. The van der Waals surface area contributed by atoms with Crippen molar-refractivity contribution in [3.8, 4) is 0 Å². The molecule has 196 valence electrons. The third-order valence-electron chi connectivity index (χ3n) is 6.91. The normalized spacial score (nSPS) is 18.6. The number of nitrogens with two attached hydrogens (primary N) is 1. The number of hydrazine groups is 2. The number of nitrogens with one attached hydrogen (secondary N) is 2.